The van der Waals surface area contributed by atoms with Crippen LogP contribution in [0, 0.1) is 0 Å². The summed E-state index contributed by atoms with van der Waals surface area (Å²) in [5.41, 5.74) is 2.20. The van der Waals surface area contributed by atoms with E-state index in [1.807, 2.05) is 12.3 Å². The Kier molecular flexibility index (Phi) is 3.40. The molecule has 0 bridgehead atoms. The van der Waals surface area contributed by atoms with E-state index in [-0.39, 0.29) is 0 Å². The number of hydrogen-bond donors (Lipinski definition) is 1. The van der Waals surface area contributed by atoms with Crippen LogP contribution in [0.25, 0.3) is 10.9 Å². The summed E-state index contributed by atoms with van der Waals surface area (Å²) in [6.07, 6.45) is 4.23. The molecule has 16 heavy (non-hydrogen) atoms. The summed E-state index contributed by atoms with van der Waals surface area (Å²) < 4.78 is 0. The lowest BCUT2D eigenvalue weighted by molar-refractivity contribution is 0.691. The quantitative estimate of drug-likeness (QED) is 0.836. The van der Waals surface area contributed by atoms with Crippen LogP contribution in [-0.2, 0) is 0 Å². The minimum absolute atomic E-state index is 0.498. The molecule has 1 aromatic heterocycles. The maximum Gasteiger partial charge on any atom is 0.0933 e. The van der Waals surface area contributed by atoms with Gasteiger partial charge >= 0.3 is 0 Å². The number of benzene rings is 1. The third-order valence-corrected chi connectivity index (χ3v) is 2.76. The van der Waals surface area contributed by atoms with Crippen LogP contribution in [0.3, 0.4) is 0 Å². The fraction of sp³-hybridized carbons (Fsp3) is 0.357. The highest BCUT2D eigenvalue weighted by molar-refractivity contribution is 5.90. The number of rotatable bonds is 4. The van der Waals surface area contributed by atoms with Crippen molar-refractivity contribution in [2.75, 3.05) is 5.32 Å². The Balaban J connectivity index is 2.30. The Morgan fingerprint density at radius 3 is 2.88 bits per heavy atom. The van der Waals surface area contributed by atoms with Crippen molar-refractivity contribution in [1.29, 1.82) is 0 Å². The molecule has 1 unspecified atom stereocenters. The first-order valence-electron chi connectivity index (χ1n) is 5.91. The van der Waals surface area contributed by atoms with E-state index >= 15 is 0 Å². The molecule has 0 saturated carbocycles. The van der Waals surface area contributed by atoms with Crippen LogP contribution in [-0.4, -0.2) is 11.0 Å². The van der Waals surface area contributed by atoms with Crippen molar-refractivity contribution in [3.8, 4) is 0 Å². The van der Waals surface area contributed by atoms with Crippen LogP contribution < -0.4 is 5.32 Å². The molecular weight excluding hydrogens is 196 g/mol. The molecular formula is C14H18N2. The zero-order valence-electron chi connectivity index (χ0n) is 9.90. The molecule has 0 aliphatic carbocycles. The van der Waals surface area contributed by atoms with Gasteiger partial charge in [-0.15, -0.1) is 0 Å². The van der Waals surface area contributed by atoms with Gasteiger partial charge in [-0.3, -0.25) is 4.98 Å². The number of nitrogens with one attached hydrogen (secondary N) is 1. The Morgan fingerprint density at radius 1 is 1.25 bits per heavy atom. The lowest BCUT2D eigenvalue weighted by Crippen LogP contribution is -2.14. The zero-order chi connectivity index (χ0) is 11.4. The molecule has 0 radical (unpaired) electrons. The Bertz CT molecular complexity index is 460. The monoisotopic (exact) mass is 214 g/mol. The van der Waals surface area contributed by atoms with Crippen LogP contribution in [0.5, 0.6) is 0 Å². The van der Waals surface area contributed by atoms with Gasteiger partial charge in [0.1, 0.15) is 0 Å². The number of pyridine rings is 1. The standard InChI is InChI=1S/C14H18N2/c1-3-6-11(2)16-13-9-4-7-12-8-5-10-15-14(12)13/h4-5,7-11,16H,3,6H2,1-2H3. The second-order valence-corrected chi connectivity index (χ2v) is 4.21. The van der Waals surface area contributed by atoms with Crippen molar-refractivity contribution in [3.05, 3.63) is 36.5 Å². The molecule has 1 heterocycles. The van der Waals surface area contributed by atoms with E-state index in [4.69, 9.17) is 0 Å². The summed E-state index contributed by atoms with van der Waals surface area (Å²) >= 11 is 0. The van der Waals surface area contributed by atoms with Gasteiger partial charge in [0.25, 0.3) is 0 Å². The molecule has 2 heteroatoms. The van der Waals surface area contributed by atoms with E-state index < -0.39 is 0 Å². The lowest BCUT2D eigenvalue weighted by atomic mass is 10.1. The van der Waals surface area contributed by atoms with Crippen LogP contribution in [0.4, 0.5) is 5.69 Å². The smallest absolute Gasteiger partial charge is 0.0933 e. The van der Waals surface area contributed by atoms with Gasteiger partial charge in [0, 0.05) is 17.6 Å². The fourth-order valence-electron chi connectivity index (χ4n) is 1.99. The summed E-state index contributed by atoms with van der Waals surface area (Å²) in [4.78, 5) is 4.43. The largest absolute Gasteiger partial charge is 0.381 e. The van der Waals surface area contributed by atoms with Crippen LogP contribution in [0.1, 0.15) is 26.7 Å². The molecule has 1 aromatic carbocycles. The molecule has 0 spiro atoms. The predicted molar refractivity (Wildman–Crippen MR) is 69.7 cm³/mol. The highest BCUT2D eigenvalue weighted by Gasteiger charge is 2.04. The van der Waals surface area contributed by atoms with Gasteiger partial charge < -0.3 is 5.32 Å². The summed E-state index contributed by atoms with van der Waals surface area (Å²) in [5, 5.41) is 4.71. The van der Waals surface area contributed by atoms with Crippen LogP contribution in [0.2, 0.25) is 0 Å². The Labute approximate surface area is 96.7 Å². The summed E-state index contributed by atoms with van der Waals surface area (Å²) in [5.74, 6) is 0. The van der Waals surface area contributed by atoms with Gasteiger partial charge in [-0.05, 0) is 25.5 Å². The zero-order valence-corrected chi connectivity index (χ0v) is 9.90. The highest BCUT2D eigenvalue weighted by atomic mass is 14.9. The number of anilines is 1. The maximum absolute atomic E-state index is 4.43. The van der Waals surface area contributed by atoms with Crippen molar-refractivity contribution in [3.63, 3.8) is 0 Å². The average molecular weight is 214 g/mol. The topological polar surface area (TPSA) is 24.9 Å². The first-order valence-corrected chi connectivity index (χ1v) is 5.91. The number of hydrogen-bond acceptors (Lipinski definition) is 2. The first-order chi connectivity index (χ1) is 7.81. The lowest BCUT2D eigenvalue weighted by Gasteiger charge is -2.15. The molecule has 0 aliphatic heterocycles. The number of nitrogens with zero attached hydrogens (tertiary/aromatic N) is 1. The molecule has 1 N–H and O–H groups in total. The second-order valence-electron chi connectivity index (χ2n) is 4.21. The van der Waals surface area contributed by atoms with E-state index in [0.29, 0.717) is 6.04 Å². The molecule has 2 nitrogen and oxygen atoms in total. The average Bonchev–Trinajstić information content (AvgIpc) is 2.30. The number of aromatic nitrogens is 1. The third-order valence-electron chi connectivity index (χ3n) is 2.76. The third kappa shape index (κ3) is 2.32. The molecule has 2 rings (SSSR count). The predicted octanol–water partition coefficient (Wildman–Crippen LogP) is 3.84. The van der Waals surface area contributed by atoms with E-state index in [0.717, 1.165) is 11.2 Å². The normalized spacial score (nSPS) is 12.6. The van der Waals surface area contributed by atoms with Gasteiger partial charge in [-0.25, -0.2) is 0 Å². The van der Waals surface area contributed by atoms with Gasteiger partial charge in [0.15, 0.2) is 0 Å². The minimum Gasteiger partial charge on any atom is -0.381 e. The van der Waals surface area contributed by atoms with Crippen molar-refractivity contribution in [2.24, 2.45) is 0 Å². The van der Waals surface area contributed by atoms with E-state index in [1.54, 1.807) is 0 Å². The maximum atomic E-state index is 4.43. The molecule has 84 valence electrons. The Hall–Kier alpha value is -1.57. The van der Waals surface area contributed by atoms with E-state index in [9.17, 15) is 0 Å². The first kappa shape index (κ1) is 10.9. The van der Waals surface area contributed by atoms with E-state index in [2.05, 4.69) is 48.4 Å². The molecule has 0 aliphatic rings. The molecule has 0 amide bonds. The summed E-state index contributed by atoms with van der Waals surface area (Å²) in [7, 11) is 0. The van der Waals surface area contributed by atoms with Crippen molar-refractivity contribution < 1.29 is 0 Å². The number of fused-ring (bicyclic) bond motifs is 1. The molecule has 0 fully saturated rings. The molecule has 0 saturated heterocycles. The van der Waals surface area contributed by atoms with Gasteiger partial charge in [-0.1, -0.05) is 31.5 Å². The molecule has 2 aromatic rings. The van der Waals surface area contributed by atoms with Gasteiger partial charge in [0.05, 0.1) is 11.2 Å². The second kappa shape index (κ2) is 4.97. The van der Waals surface area contributed by atoms with Crippen molar-refractivity contribution in [2.45, 2.75) is 32.7 Å². The number of para-hydroxylation sites is 1. The van der Waals surface area contributed by atoms with Crippen LogP contribution in [0.15, 0.2) is 36.5 Å². The van der Waals surface area contributed by atoms with Crippen molar-refractivity contribution >= 4 is 16.6 Å². The summed E-state index contributed by atoms with van der Waals surface area (Å²) in [6.45, 7) is 4.42. The molecule has 1 atom stereocenters. The van der Waals surface area contributed by atoms with Crippen LogP contribution >= 0.6 is 0 Å². The minimum atomic E-state index is 0.498. The summed E-state index contributed by atoms with van der Waals surface area (Å²) in [6, 6.07) is 10.8. The van der Waals surface area contributed by atoms with Gasteiger partial charge in [-0.2, -0.15) is 0 Å². The van der Waals surface area contributed by atoms with E-state index in [1.165, 1.54) is 18.2 Å². The highest BCUT2D eigenvalue weighted by Crippen LogP contribution is 2.21. The van der Waals surface area contributed by atoms with Crippen molar-refractivity contribution in [1.82, 2.24) is 4.98 Å². The fourth-order valence-corrected chi connectivity index (χ4v) is 1.99. The van der Waals surface area contributed by atoms with Gasteiger partial charge in [0.2, 0.25) is 0 Å². The Morgan fingerprint density at radius 2 is 2.06 bits per heavy atom. The SMILES string of the molecule is CCCC(C)Nc1cccc2cccnc12.